The number of hydrogen-bond donors (Lipinski definition) is 1. The lowest BCUT2D eigenvalue weighted by Gasteiger charge is -2.01. The van der Waals surface area contributed by atoms with Crippen LogP contribution in [0.1, 0.15) is 25.3 Å². The van der Waals surface area contributed by atoms with Gasteiger partial charge in [0, 0.05) is 11.6 Å². The molecule has 1 N–H and O–H groups in total. The highest BCUT2D eigenvalue weighted by Gasteiger charge is 1.97. The van der Waals surface area contributed by atoms with Gasteiger partial charge in [0.1, 0.15) is 0 Å². The monoisotopic (exact) mass is 202 g/mol. The molecule has 0 amide bonds. The number of nitrogens with one attached hydrogen (secondary N) is 1. The van der Waals surface area contributed by atoms with Crippen molar-refractivity contribution < 1.29 is 0 Å². The van der Waals surface area contributed by atoms with E-state index in [0.717, 1.165) is 17.3 Å². The summed E-state index contributed by atoms with van der Waals surface area (Å²) >= 11 is 0. The number of unbranched alkanes of at least 4 members (excludes halogenated alkanes) is 1. The van der Waals surface area contributed by atoms with E-state index in [9.17, 15) is 4.79 Å². The summed E-state index contributed by atoms with van der Waals surface area (Å²) in [6.07, 6.45) is 5.04. The molecule has 0 unspecified atom stereocenters. The molecular weight excluding hydrogens is 188 g/mol. The molecule has 1 aromatic carbocycles. The van der Waals surface area contributed by atoms with E-state index < -0.39 is 0 Å². The van der Waals surface area contributed by atoms with Crippen LogP contribution in [0.4, 0.5) is 0 Å². The van der Waals surface area contributed by atoms with Gasteiger partial charge in [-0.05, 0) is 24.5 Å². The van der Waals surface area contributed by atoms with Gasteiger partial charge in [-0.1, -0.05) is 25.5 Å². The lowest BCUT2D eigenvalue weighted by molar-refractivity contribution is 0.795. The van der Waals surface area contributed by atoms with Crippen molar-refractivity contribution in [3.63, 3.8) is 0 Å². The predicted octanol–water partition coefficient (Wildman–Crippen LogP) is 2.27. The average molecular weight is 202 g/mol. The summed E-state index contributed by atoms with van der Waals surface area (Å²) in [5.41, 5.74) is 1.87. The summed E-state index contributed by atoms with van der Waals surface area (Å²) < 4.78 is 0. The standard InChI is InChI=1S/C12H14N2O/c1-2-3-4-9-5-6-10-8-13-12(15)14-11(10)7-9/h5-8H,2-4H2,1H3,(H,13,14,15). The molecule has 2 rings (SSSR count). The van der Waals surface area contributed by atoms with Gasteiger partial charge in [0.25, 0.3) is 0 Å². The van der Waals surface area contributed by atoms with Gasteiger partial charge in [-0.15, -0.1) is 0 Å². The topological polar surface area (TPSA) is 45.8 Å². The normalized spacial score (nSPS) is 10.7. The number of aryl methyl sites for hydroxylation is 1. The zero-order valence-electron chi connectivity index (χ0n) is 8.79. The van der Waals surface area contributed by atoms with E-state index >= 15 is 0 Å². The molecule has 15 heavy (non-hydrogen) atoms. The molecule has 0 aliphatic carbocycles. The summed E-state index contributed by atoms with van der Waals surface area (Å²) in [4.78, 5) is 17.5. The molecule has 0 aliphatic rings. The first-order valence-corrected chi connectivity index (χ1v) is 5.27. The number of nitrogens with zero attached hydrogens (tertiary/aromatic N) is 1. The predicted molar refractivity (Wildman–Crippen MR) is 61.0 cm³/mol. The number of benzene rings is 1. The minimum absolute atomic E-state index is 0.282. The average Bonchev–Trinajstić information content (AvgIpc) is 2.25. The number of aromatic amines is 1. The molecule has 2 aromatic rings. The second kappa shape index (κ2) is 4.26. The molecule has 0 aliphatic heterocycles. The summed E-state index contributed by atoms with van der Waals surface area (Å²) in [6, 6.07) is 6.13. The number of H-pyrrole nitrogens is 1. The highest BCUT2D eigenvalue weighted by atomic mass is 16.1. The maximum atomic E-state index is 11.0. The fourth-order valence-electron chi connectivity index (χ4n) is 1.64. The van der Waals surface area contributed by atoms with Gasteiger partial charge < -0.3 is 4.98 Å². The van der Waals surface area contributed by atoms with Crippen LogP contribution in [0.5, 0.6) is 0 Å². The fourth-order valence-corrected chi connectivity index (χ4v) is 1.64. The van der Waals surface area contributed by atoms with E-state index in [4.69, 9.17) is 0 Å². The van der Waals surface area contributed by atoms with Crippen LogP contribution in [0, 0.1) is 0 Å². The zero-order valence-corrected chi connectivity index (χ0v) is 8.79. The van der Waals surface area contributed by atoms with Gasteiger partial charge in [-0.25, -0.2) is 9.78 Å². The smallest absolute Gasteiger partial charge is 0.305 e. The molecule has 0 spiro atoms. The van der Waals surface area contributed by atoms with Crippen molar-refractivity contribution in [2.24, 2.45) is 0 Å². The van der Waals surface area contributed by atoms with E-state index in [-0.39, 0.29) is 5.69 Å². The molecule has 1 aromatic heterocycles. The first kappa shape index (κ1) is 9.90. The third kappa shape index (κ3) is 2.24. The maximum Gasteiger partial charge on any atom is 0.345 e. The summed E-state index contributed by atoms with van der Waals surface area (Å²) in [5.74, 6) is 0. The Bertz CT molecular complexity index is 516. The second-order valence-electron chi connectivity index (χ2n) is 3.71. The van der Waals surface area contributed by atoms with E-state index in [1.165, 1.54) is 18.4 Å². The minimum atomic E-state index is -0.282. The van der Waals surface area contributed by atoms with Crippen LogP contribution < -0.4 is 5.69 Å². The first-order chi connectivity index (χ1) is 7.29. The fraction of sp³-hybridized carbons (Fsp3) is 0.333. The Hall–Kier alpha value is -1.64. The van der Waals surface area contributed by atoms with E-state index in [2.05, 4.69) is 23.0 Å². The van der Waals surface area contributed by atoms with Crippen LogP contribution in [0.3, 0.4) is 0 Å². The van der Waals surface area contributed by atoms with Crippen LogP contribution >= 0.6 is 0 Å². The molecule has 0 bridgehead atoms. The Morgan fingerprint density at radius 3 is 3.07 bits per heavy atom. The van der Waals surface area contributed by atoms with Gasteiger partial charge in [-0.3, -0.25) is 0 Å². The minimum Gasteiger partial charge on any atom is -0.305 e. The molecule has 0 radical (unpaired) electrons. The molecule has 0 fully saturated rings. The van der Waals surface area contributed by atoms with Gasteiger partial charge in [0.05, 0.1) is 5.52 Å². The summed E-state index contributed by atoms with van der Waals surface area (Å²) in [7, 11) is 0. The van der Waals surface area contributed by atoms with Gasteiger partial charge >= 0.3 is 5.69 Å². The lowest BCUT2D eigenvalue weighted by atomic mass is 10.1. The molecular formula is C12H14N2O. The van der Waals surface area contributed by atoms with E-state index in [0.29, 0.717) is 0 Å². The highest BCUT2D eigenvalue weighted by Crippen LogP contribution is 2.13. The largest absolute Gasteiger partial charge is 0.345 e. The third-order valence-corrected chi connectivity index (χ3v) is 2.50. The van der Waals surface area contributed by atoms with Crippen LogP contribution in [0.15, 0.2) is 29.2 Å². The van der Waals surface area contributed by atoms with Crippen LogP contribution in [-0.2, 0) is 6.42 Å². The molecule has 3 heteroatoms. The van der Waals surface area contributed by atoms with Crippen molar-refractivity contribution in [3.05, 3.63) is 40.4 Å². The molecule has 0 saturated carbocycles. The Labute approximate surface area is 88.2 Å². The lowest BCUT2D eigenvalue weighted by Crippen LogP contribution is -2.08. The second-order valence-corrected chi connectivity index (χ2v) is 3.71. The van der Waals surface area contributed by atoms with Gasteiger partial charge in [0.15, 0.2) is 0 Å². The van der Waals surface area contributed by atoms with Crippen LogP contribution in [0.2, 0.25) is 0 Å². The Kier molecular flexibility index (Phi) is 2.81. The Morgan fingerprint density at radius 1 is 1.40 bits per heavy atom. The van der Waals surface area contributed by atoms with Gasteiger partial charge in [-0.2, -0.15) is 0 Å². The van der Waals surface area contributed by atoms with Crippen molar-refractivity contribution >= 4 is 10.9 Å². The number of aromatic nitrogens is 2. The first-order valence-electron chi connectivity index (χ1n) is 5.27. The van der Waals surface area contributed by atoms with E-state index in [1.807, 2.05) is 12.1 Å². The number of fused-ring (bicyclic) bond motifs is 1. The molecule has 78 valence electrons. The van der Waals surface area contributed by atoms with Crippen LogP contribution in [0.25, 0.3) is 10.9 Å². The van der Waals surface area contributed by atoms with Crippen LogP contribution in [-0.4, -0.2) is 9.97 Å². The summed E-state index contributed by atoms with van der Waals surface area (Å²) in [5, 5.41) is 0.981. The molecule has 0 saturated heterocycles. The molecule has 0 atom stereocenters. The number of hydrogen-bond acceptors (Lipinski definition) is 2. The molecule has 3 nitrogen and oxygen atoms in total. The SMILES string of the molecule is CCCCc1ccc2cnc(=O)[nH]c2c1. The zero-order chi connectivity index (χ0) is 10.7. The van der Waals surface area contributed by atoms with Crippen molar-refractivity contribution in [1.82, 2.24) is 9.97 Å². The van der Waals surface area contributed by atoms with E-state index in [1.54, 1.807) is 6.20 Å². The summed E-state index contributed by atoms with van der Waals surface area (Å²) in [6.45, 7) is 2.17. The Morgan fingerprint density at radius 2 is 2.27 bits per heavy atom. The maximum absolute atomic E-state index is 11.0. The third-order valence-electron chi connectivity index (χ3n) is 2.50. The molecule has 1 heterocycles. The Balaban J connectivity index is 2.40. The van der Waals surface area contributed by atoms with Crippen molar-refractivity contribution in [3.8, 4) is 0 Å². The van der Waals surface area contributed by atoms with Crippen molar-refractivity contribution in [2.45, 2.75) is 26.2 Å². The van der Waals surface area contributed by atoms with Crippen molar-refractivity contribution in [1.29, 1.82) is 0 Å². The highest BCUT2D eigenvalue weighted by molar-refractivity contribution is 5.77. The van der Waals surface area contributed by atoms with Crippen molar-refractivity contribution in [2.75, 3.05) is 0 Å². The van der Waals surface area contributed by atoms with Gasteiger partial charge in [0.2, 0.25) is 0 Å². The number of rotatable bonds is 3. The quantitative estimate of drug-likeness (QED) is 0.829.